The third-order valence-electron chi connectivity index (χ3n) is 5.56. The number of carbonyl (C=O) groups excluding carboxylic acids is 2. The van der Waals surface area contributed by atoms with Crippen LogP contribution in [0.1, 0.15) is 32.6 Å². The van der Waals surface area contributed by atoms with Gasteiger partial charge in [-0.2, -0.15) is 0 Å². The minimum Gasteiger partial charge on any atom is -0.382 e. The van der Waals surface area contributed by atoms with Crippen molar-refractivity contribution in [2.45, 2.75) is 32.6 Å². The zero-order valence-electron chi connectivity index (χ0n) is 19.1. The van der Waals surface area contributed by atoms with E-state index < -0.39 is 0 Å². The Balaban J connectivity index is 1.83. The van der Waals surface area contributed by atoms with Gasteiger partial charge in [-0.3, -0.25) is 14.5 Å². The molecule has 30 heavy (non-hydrogen) atoms. The van der Waals surface area contributed by atoms with Gasteiger partial charge in [0.15, 0.2) is 5.96 Å². The molecule has 2 fully saturated rings. The highest BCUT2D eigenvalue weighted by Crippen LogP contribution is 2.10. The number of guanidine groups is 1. The molecule has 0 bridgehead atoms. The first-order valence-corrected chi connectivity index (χ1v) is 11.3. The molecule has 2 amide bonds. The molecule has 2 rings (SSSR count). The number of aliphatic imine (C=N–C) groups is 1. The molecule has 0 unspecified atom stereocenters. The SMILES string of the molecule is CCOCCCNC(=NCC(=O)N(C)C)N1CCN(CC(=O)N2CCCCC2)CC1. The van der Waals surface area contributed by atoms with Gasteiger partial charge in [0, 0.05) is 73.1 Å². The summed E-state index contributed by atoms with van der Waals surface area (Å²) in [6.07, 6.45) is 4.37. The second-order valence-corrected chi connectivity index (χ2v) is 8.11. The van der Waals surface area contributed by atoms with Gasteiger partial charge in [0.1, 0.15) is 6.54 Å². The maximum Gasteiger partial charge on any atom is 0.243 e. The summed E-state index contributed by atoms with van der Waals surface area (Å²) in [7, 11) is 3.48. The number of likely N-dealkylation sites (tertiary alicyclic amines) is 1. The molecule has 2 saturated heterocycles. The highest BCUT2D eigenvalue weighted by Gasteiger charge is 2.24. The number of rotatable bonds is 9. The van der Waals surface area contributed by atoms with Gasteiger partial charge in [0.05, 0.1) is 6.54 Å². The Morgan fingerprint density at radius 2 is 1.70 bits per heavy atom. The summed E-state index contributed by atoms with van der Waals surface area (Å²) in [5.41, 5.74) is 0. The van der Waals surface area contributed by atoms with Crippen molar-refractivity contribution in [1.29, 1.82) is 0 Å². The Kier molecular flexibility index (Phi) is 10.9. The van der Waals surface area contributed by atoms with Gasteiger partial charge < -0.3 is 24.8 Å². The van der Waals surface area contributed by atoms with Gasteiger partial charge in [0.25, 0.3) is 0 Å². The smallest absolute Gasteiger partial charge is 0.243 e. The molecule has 0 aromatic carbocycles. The fraction of sp³-hybridized carbons (Fsp3) is 0.857. The van der Waals surface area contributed by atoms with E-state index in [0.717, 1.165) is 77.6 Å². The topological polar surface area (TPSA) is 80.7 Å². The summed E-state index contributed by atoms with van der Waals surface area (Å²) in [4.78, 5) is 37.0. The fourth-order valence-electron chi connectivity index (χ4n) is 3.62. The summed E-state index contributed by atoms with van der Waals surface area (Å²) >= 11 is 0. The summed E-state index contributed by atoms with van der Waals surface area (Å²) in [5, 5.41) is 3.38. The molecule has 172 valence electrons. The molecule has 2 aliphatic rings. The Morgan fingerprint density at radius 3 is 2.33 bits per heavy atom. The Hall–Kier alpha value is -1.87. The van der Waals surface area contributed by atoms with Crippen molar-refractivity contribution in [1.82, 2.24) is 24.9 Å². The molecule has 2 aliphatic heterocycles. The highest BCUT2D eigenvalue weighted by molar-refractivity contribution is 5.85. The Bertz CT molecular complexity index is 555. The number of ether oxygens (including phenoxy) is 1. The molecule has 0 aromatic rings. The summed E-state index contributed by atoms with van der Waals surface area (Å²) in [6, 6.07) is 0. The molecule has 0 aromatic heterocycles. The summed E-state index contributed by atoms with van der Waals surface area (Å²) < 4.78 is 5.39. The lowest BCUT2D eigenvalue weighted by Crippen LogP contribution is -2.54. The van der Waals surface area contributed by atoms with E-state index in [1.54, 1.807) is 19.0 Å². The lowest BCUT2D eigenvalue weighted by molar-refractivity contribution is -0.133. The number of hydrogen-bond donors (Lipinski definition) is 1. The van der Waals surface area contributed by atoms with Crippen molar-refractivity contribution in [2.75, 3.05) is 86.2 Å². The Labute approximate surface area is 181 Å². The lowest BCUT2D eigenvalue weighted by atomic mass is 10.1. The third-order valence-corrected chi connectivity index (χ3v) is 5.56. The van der Waals surface area contributed by atoms with Gasteiger partial charge in [-0.25, -0.2) is 4.99 Å². The molecule has 0 spiro atoms. The van der Waals surface area contributed by atoms with E-state index in [1.165, 1.54) is 6.42 Å². The van der Waals surface area contributed by atoms with Crippen molar-refractivity contribution in [2.24, 2.45) is 4.99 Å². The number of piperidine rings is 1. The first-order valence-electron chi connectivity index (χ1n) is 11.3. The minimum absolute atomic E-state index is 0.0191. The molecule has 0 radical (unpaired) electrons. The van der Waals surface area contributed by atoms with E-state index in [2.05, 4.69) is 20.1 Å². The molecule has 0 saturated carbocycles. The van der Waals surface area contributed by atoms with Gasteiger partial charge >= 0.3 is 0 Å². The number of likely N-dealkylation sites (N-methyl/N-ethyl adjacent to an activating group) is 1. The van der Waals surface area contributed by atoms with Crippen LogP contribution in [-0.2, 0) is 14.3 Å². The monoisotopic (exact) mass is 424 g/mol. The number of nitrogens with one attached hydrogen (secondary N) is 1. The number of nitrogens with zero attached hydrogens (tertiary/aromatic N) is 5. The molecule has 1 N–H and O–H groups in total. The standard InChI is InChI=1S/C21H40N6O3/c1-4-30-16-8-9-22-21(23-17-19(28)24(2)3)27-14-12-25(13-15-27)18-20(29)26-10-6-5-7-11-26/h4-18H2,1-3H3,(H,22,23). The number of piperazine rings is 1. The van der Waals surface area contributed by atoms with Crippen LogP contribution in [0.3, 0.4) is 0 Å². The van der Waals surface area contributed by atoms with Crippen LogP contribution in [-0.4, -0.2) is 124 Å². The van der Waals surface area contributed by atoms with Gasteiger partial charge in [-0.05, 0) is 32.6 Å². The van der Waals surface area contributed by atoms with Gasteiger partial charge in [-0.1, -0.05) is 0 Å². The first-order chi connectivity index (χ1) is 14.5. The quantitative estimate of drug-likeness (QED) is 0.321. The third kappa shape index (κ3) is 8.47. The molecule has 0 atom stereocenters. The number of carbonyl (C=O) groups is 2. The first kappa shape index (κ1) is 24.4. The summed E-state index contributed by atoms with van der Waals surface area (Å²) in [6.45, 7) is 9.84. The summed E-state index contributed by atoms with van der Waals surface area (Å²) in [5.74, 6) is 1.00. The molecular formula is C21H40N6O3. The zero-order valence-corrected chi connectivity index (χ0v) is 19.1. The van der Waals surface area contributed by atoms with E-state index in [1.807, 2.05) is 11.8 Å². The van der Waals surface area contributed by atoms with Crippen LogP contribution >= 0.6 is 0 Å². The van der Waals surface area contributed by atoms with Crippen molar-refractivity contribution in [3.05, 3.63) is 0 Å². The second kappa shape index (κ2) is 13.4. The minimum atomic E-state index is -0.0191. The zero-order chi connectivity index (χ0) is 21.8. The van der Waals surface area contributed by atoms with Gasteiger partial charge in [0.2, 0.25) is 11.8 Å². The van der Waals surface area contributed by atoms with E-state index in [4.69, 9.17) is 4.74 Å². The Morgan fingerprint density at radius 1 is 1.00 bits per heavy atom. The average molecular weight is 425 g/mol. The predicted octanol–water partition coefficient (Wildman–Crippen LogP) is 0.0769. The molecule has 9 nitrogen and oxygen atoms in total. The number of amides is 2. The average Bonchev–Trinajstić information content (AvgIpc) is 2.76. The lowest BCUT2D eigenvalue weighted by Gasteiger charge is -2.37. The van der Waals surface area contributed by atoms with Crippen LogP contribution in [0, 0.1) is 0 Å². The van der Waals surface area contributed by atoms with Crippen molar-refractivity contribution < 1.29 is 14.3 Å². The number of hydrogen-bond acceptors (Lipinski definition) is 5. The maximum atomic E-state index is 12.5. The molecule has 0 aliphatic carbocycles. The van der Waals surface area contributed by atoms with Crippen molar-refractivity contribution in [3.63, 3.8) is 0 Å². The predicted molar refractivity (Wildman–Crippen MR) is 119 cm³/mol. The van der Waals surface area contributed by atoms with E-state index in [-0.39, 0.29) is 18.4 Å². The van der Waals surface area contributed by atoms with E-state index >= 15 is 0 Å². The van der Waals surface area contributed by atoms with Crippen LogP contribution in [0.25, 0.3) is 0 Å². The van der Waals surface area contributed by atoms with E-state index in [0.29, 0.717) is 13.2 Å². The normalized spacial score (nSPS) is 18.4. The van der Waals surface area contributed by atoms with Crippen LogP contribution in [0.15, 0.2) is 4.99 Å². The van der Waals surface area contributed by atoms with Crippen LogP contribution in [0.2, 0.25) is 0 Å². The largest absolute Gasteiger partial charge is 0.382 e. The second-order valence-electron chi connectivity index (χ2n) is 8.11. The highest BCUT2D eigenvalue weighted by atomic mass is 16.5. The molecule has 2 heterocycles. The molecule has 9 heteroatoms. The van der Waals surface area contributed by atoms with Crippen LogP contribution < -0.4 is 5.32 Å². The van der Waals surface area contributed by atoms with E-state index in [9.17, 15) is 9.59 Å². The van der Waals surface area contributed by atoms with Crippen molar-refractivity contribution >= 4 is 17.8 Å². The van der Waals surface area contributed by atoms with Crippen LogP contribution in [0.5, 0.6) is 0 Å². The van der Waals surface area contributed by atoms with Crippen LogP contribution in [0.4, 0.5) is 0 Å². The van der Waals surface area contributed by atoms with Crippen molar-refractivity contribution in [3.8, 4) is 0 Å². The maximum absolute atomic E-state index is 12.5. The molecular weight excluding hydrogens is 384 g/mol. The van der Waals surface area contributed by atoms with Gasteiger partial charge in [-0.15, -0.1) is 0 Å². The fourth-order valence-corrected chi connectivity index (χ4v) is 3.62.